The molecule has 2 heterocycles. The zero-order valence-corrected chi connectivity index (χ0v) is 18.2. The Morgan fingerprint density at radius 2 is 1.79 bits per heavy atom. The molecule has 1 aromatic carbocycles. The normalized spacial score (nSPS) is 18.2. The predicted octanol–water partition coefficient (Wildman–Crippen LogP) is 4.66. The van der Waals surface area contributed by atoms with E-state index in [1.54, 1.807) is 24.3 Å². The van der Waals surface area contributed by atoms with Gasteiger partial charge < -0.3 is 10.2 Å². The minimum atomic E-state index is -0.263. The van der Waals surface area contributed by atoms with Gasteiger partial charge in [0.15, 0.2) is 0 Å². The van der Waals surface area contributed by atoms with Crippen molar-refractivity contribution in [2.24, 2.45) is 0 Å². The lowest BCUT2D eigenvalue weighted by atomic mass is 10.1. The van der Waals surface area contributed by atoms with Crippen LogP contribution in [0.3, 0.4) is 0 Å². The van der Waals surface area contributed by atoms with Crippen molar-refractivity contribution in [1.82, 2.24) is 9.80 Å². The van der Waals surface area contributed by atoms with Crippen LogP contribution in [-0.2, 0) is 0 Å². The zero-order valence-electron chi connectivity index (χ0n) is 16.6. The van der Waals surface area contributed by atoms with Crippen LogP contribution >= 0.6 is 22.9 Å². The maximum Gasteiger partial charge on any atom is 0.264 e. The Kier molecular flexibility index (Phi) is 6.23. The summed E-state index contributed by atoms with van der Waals surface area (Å²) in [4.78, 5) is 30.8. The molecule has 2 aromatic rings. The largest absolute Gasteiger partial charge is 0.335 e. The van der Waals surface area contributed by atoms with Gasteiger partial charge in [-0.2, -0.15) is 0 Å². The first-order valence-corrected chi connectivity index (χ1v) is 11.4. The fraction of sp³-hybridized carbons (Fsp3) is 0.455. The quantitative estimate of drug-likeness (QED) is 0.765. The molecule has 1 saturated heterocycles. The van der Waals surface area contributed by atoms with Crippen molar-refractivity contribution in [3.63, 3.8) is 0 Å². The Labute approximate surface area is 180 Å². The molecule has 2 amide bonds. The van der Waals surface area contributed by atoms with E-state index in [1.165, 1.54) is 37.0 Å². The van der Waals surface area contributed by atoms with E-state index >= 15 is 0 Å². The molecule has 1 aromatic heterocycles. The second kappa shape index (κ2) is 8.86. The molecule has 0 radical (unpaired) electrons. The first-order valence-electron chi connectivity index (χ1n) is 10.2. The fourth-order valence-electron chi connectivity index (χ4n) is 4.28. The van der Waals surface area contributed by atoms with E-state index in [-0.39, 0.29) is 11.8 Å². The SMILES string of the molecule is Cc1cc(NC(=O)c2ccccc2Cl)sc1C(=O)N1CCN(C2CCCC2)CC1. The molecule has 1 aliphatic carbocycles. The summed E-state index contributed by atoms with van der Waals surface area (Å²) in [6.07, 6.45) is 5.26. The summed E-state index contributed by atoms with van der Waals surface area (Å²) in [6, 6.07) is 9.52. The summed E-state index contributed by atoms with van der Waals surface area (Å²) in [7, 11) is 0. The maximum atomic E-state index is 13.1. The Morgan fingerprint density at radius 1 is 1.10 bits per heavy atom. The number of amides is 2. The highest BCUT2D eigenvalue weighted by atomic mass is 35.5. The van der Waals surface area contributed by atoms with E-state index in [1.807, 2.05) is 17.9 Å². The Bertz CT molecular complexity index is 899. The second-order valence-corrected chi connectivity index (χ2v) is 9.28. The van der Waals surface area contributed by atoms with Gasteiger partial charge in [-0.3, -0.25) is 14.5 Å². The van der Waals surface area contributed by atoms with Crippen LogP contribution in [0, 0.1) is 6.92 Å². The third-order valence-corrected chi connectivity index (χ3v) is 7.38. The minimum absolute atomic E-state index is 0.0665. The van der Waals surface area contributed by atoms with Crippen molar-refractivity contribution >= 4 is 39.8 Å². The molecule has 29 heavy (non-hydrogen) atoms. The minimum Gasteiger partial charge on any atom is -0.335 e. The molecule has 1 N–H and O–H groups in total. The molecule has 7 heteroatoms. The lowest BCUT2D eigenvalue weighted by molar-refractivity contribution is 0.0577. The van der Waals surface area contributed by atoms with Gasteiger partial charge in [0.05, 0.1) is 20.5 Å². The number of halogens is 1. The molecule has 2 fully saturated rings. The summed E-state index contributed by atoms with van der Waals surface area (Å²) in [5.41, 5.74) is 1.32. The average Bonchev–Trinajstić information content (AvgIpc) is 3.38. The summed E-state index contributed by atoms with van der Waals surface area (Å²) in [6.45, 7) is 5.37. The Hall–Kier alpha value is -1.89. The van der Waals surface area contributed by atoms with Crippen LogP contribution in [0.25, 0.3) is 0 Å². The number of carbonyl (C=O) groups excluding carboxylic acids is 2. The van der Waals surface area contributed by atoms with Gasteiger partial charge in [0.1, 0.15) is 0 Å². The molecule has 1 aliphatic heterocycles. The van der Waals surface area contributed by atoms with Crippen molar-refractivity contribution in [2.75, 3.05) is 31.5 Å². The average molecular weight is 432 g/mol. The van der Waals surface area contributed by atoms with Crippen molar-refractivity contribution in [3.05, 3.63) is 51.4 Å². The van der Waals surface area contributed by atoms with E-state index in [0.29, 0.717) is 26.5 Å². The summed E-state index contributed by atoms with van der Waals surface area (Å²) in [5, 5.41) is 3.96. The number of nitrogens with zero attached hydrogens (tertiary/aromatic N) is 2. The van der Waals surface area contributed by atoms with E-state index in [2.05, 4.69) is 10.2 Å². The molecule has 154 valence electrons. The van der Waals surface area contributed by atoms with E-state index < -0.39 is 0 Å². The highest BCUT2D eigenvalue weighted by Gasteiger charge is 2.29. The van der Waals surface area contributed by atoms with Gasteiger partial charge in [-0.1, -0.05) is 36.6 Å². The molecule has 4 rings (SSSR count). The molecule has 2 aliphatic rings. The molecule has 0 bridgehead atoms. The lowest BCUT2D eigenvalue weighted by Gasteiger charge is -2.38. The third kappa shape index (κ3) is 4.49. The highest BCUT2D eigenvalue weighted by molar-refractivity contribution is 7.18. The summed E-state index contributed by atoms with van der Waals surface area (Å²) in [5.74, 6) is -0.196. The smallest absolute Gasteiger partial charge is 0.264 e. The first-order chi connectivity index (χ1) is 14.0. The molecular formula is C22H26ClN3O2S. The van der Waals surface area contributed by atoms with Crippen molar-refractivity contribution in [3.8, 4) is 0 Å². The van der Waals surface area contributed by atoms with Gasteiger partial charge in [0, 0.05) is 32.2 Å². The number of aryl methyl sites for hydroxylation is 1. The predicted molar refractivity (Wildman–Crippen MR) is 118 cm³/mol. The number of hydrogen-bond acceptors (Lipinski definition) is 4. The monoisotopic (exact) mass is 431 g/mol. The van der Waals surface area contributed by atoms with Gasteiger partial charge in [-0.15, -0.1) is 11.3 Å². The maximum absolute atomic E-state index is 13.1. The Morgan fingerprint density at radius 3 is 2.48 bits per heavy atom. The van der Waals surface area contributed by atoms with E-state index in [0.717, 1.165) is 31.7 Å². The molecule has 0 spiro atoms. The first kappa shape index (κ1) is 20.4. The standard InChI is InChI=1S/C22H26ClN3O2S/c1-15-14-19(24-21(27)17-8-4-5-9-18(17)23)29-20(15)22(28)26-12-10-25(11-13-26)16-6-2-3-7-16/h4-5,8-9,14,16H,2-3,6-7,10-13H2,1H3,(H,24,27). The number of benzene rings is 1. The highest BCUT2D eigenvalue weighted by Crippen LogP contribution is 2.30. The molecule has 0 atom stereocenters. The molecule has 0 unspecified atom stereocenters. The number of rotatable bonds is 4. The van der Waals surface area contributed by atoms with Gasteiger partial charge in [0.2, 0.25) is 0 Å². The van der Waals surface area contributed by atoms with Crippen LogP contribution in [-0.4, -0.2) is 53.8 Å². The van der Waals surface area contributed by atoms with Crippen LogP contribution in [0.1, 0.15) is 51.3 Å². The molecule has 1 saturated carbocycles. The number of piperazine rings is 1. The van der Waals surface area contributed by atoms with Gasteiger partial charge in [-0.05, 0) is 43.5 Å². The number of hydrogen-bond donors (Lipinski definition) is 1. The summed E-state index contributed by atoms with van der Waals surface area (Å²) >= 11 is 7.45. The van der Waals surface area contributed by atoms with Crippen molar-refractivity contribution in [1.29, 1.82) is 0 Å². The zero-order chi connectivity index (χ0) is 20.4. The van der Waals surface area contributed by atoms with Gasteiger partial charge >= 0.3 is 0 Å². The molecule has 5 nitrogen and oxygen atoms in total. The van der Waals surface area contributed by atoms with Crippen LogP contribution in [0.4, 0.5) is 5.00 Å². The third-order valence-electron chi connectivity index (χ3n) is 5.91. The number of carbonyl (C=O) groups is 2. The Balaban J connectivity index is 1.39. The van der Waals surface area contributed by atoms with Gasteiger partial charge in [-0.25, -0.2) is 0 Å². The van der Waals surface area contributed by atoms with E-state index in [9.17, 15) is 9.59 Å². The van der Waals surface area contributed by atoms with Gasteiger partial charge in [0.25, 0.3) is 11.8 Å². The van der Waals surface area contributed by atoms with Crippen molar-refractivity contribution < 1.29 is 9.59 Å². The molecular weight excluding hydrogens is 406 g/mol. The fourth-order valence-corrected chi connectivity index (χ4v) is 5.54. The van der Waals surface area contributed by atoms with E-state index in [4.69, 9.17) is 11.6 Å². The number of nitrogens with one attached hydrogen (secondary N) is 1. The summed E-state index contributed by atoms with van der Waals surface area (Å²) < 4.78 is 0. The number of anilines is 1. The van der Waals surface area contributed by atoms with Crippen LogP contribution in [0.15, 0.2) is 30.3 Å². The lowest BCUT2D eigenvalue weighted by Crippen LogP contribution is -2.51. The van der Waals surface area contributed by atoms with Crippen molar-refractivity contribution in [2.45, 2.75) is 38.6 Å². The second-order valence-electron chi connectivity index (χ2n) is 7.82. The van der Waals surface area contributed by atoms with Crippen LogP contribution in [0.2, 0.25) is 5.02 Å². The van der Waals surface area contributed by atoms with Crippen LogP contribution < -0.4 is 5.32 Å². The topological polar surface area (TPSA) is 52.7 Å². The number of thiophene rings is 1. The van der Waals surface area contributed by atoms with Crippen LogP contribution in [0.5, 0.6) is 0 Å².